The molecule has 60 heavy (non-hydrogen) atoms. The number of ether oxygens (including phenoxy) is 3. The topological polar surface area (TPSA) is 123 Å². The van der Waals surface area contributed by atoms with Crippen molar-refractivity contribution in [3.05, 3.63) is 154 Å². The van der Waals surface area contributed by atoms with Crippen molar-refractivity contribution < 1.29 is 28.9 Å². The highest BCUT2D eigenvalue weighted by molar-refractivity contribution is 5.88. The number of carbonyl (C=O) groups is 2. The number of carboxylic acid groups (broad SMARTS) is 1. The molecule has 314 valence electrons. The Morgan fingerprint density at radius 3 is 2.35 bits per heavy atom. The minimum atomic E-state index is -1.13. The average Bonchev–Trinajstić information content (AvgIpc) is 3.27. The molecular formula is C51H59N3O6. The van der Waals surface area contributed by atoms with Crippen molar-refractivity contribution in [1.29, 1.82) is 0 Å². The van der Waals surface area contributed by atoms with E-state index in [0.29, 0.717) is 42.7 Å². The van der Waals surface area contributed by atoms with Crippen LogP contribution in [-0.4, -0.2) is 47.2 Å². The van der Waals surface area contributed by atoms with Gasteiger partial charge in [0.25, 0.3) is 0 Å². The summed E-state index contributed by atoms with van der Waals surface area (Å²) in [4.78, 5) is 29.4. The van der Waals surface area contributed by atoms with Gasteiger partial charge in [-0.25, -0.2) is 4.79 Å². The summed E-state index contributed by atoms with van der Waals surface area (Å²) in [7, 11) is 0. The first-order valence-electron chi connectivity index (χ1n) is 21.5. The first-order chi connectivity index (χ1) is 29.1. The number of nitrogens with two attached hydrogens (primary N) is 1. The van der Waals surface area contributed by atoms with Crippen LogP contribution in [0.25, 0.3) is 5.57 Å². The van der Waals surface area contributed by atoms with Gasteiger partial charge < -0.3 is 30.4 Å². The Hall–Kier alpha value is -5.80. The third-order valence-electron chi connectivity index (χ3n) is 12.4. The fourth-order valence-corrected chi connectivity index (χ4v) is 8.88. The van der Waals surface area contributed by atoms with Crippen molar-refractivity contribution in [2.75, 3.05) is 13.2 Å². The number of nitrogens with one attached hydrogen (secondary N) is 1. The number of hydrogen-bond acceptors (Lipinski definition) is 7. The van der Waals surface area contributed by atoms with E-state index in [1.807, 2.05) is 80.6 Å². The molecule has 7 rings (SSSR count). The molecule has 9 nitrogen and oxygen atoms in total. The largest absolute Gasteiger partial charge is 0.493 e. The Labute approximate surface area is 354 Å². The molecule has 0 bridgehead atoms. The molecule has 0 radical (unpaired) electrons. The minimum Gasteiger partial charge on any atom is -0.493 e. The van der Waals surface area contributed by atoms with E-state index < -0.39 is 18.1 Å². The van der Waals surface area contributed by atoms with Gasteiger partial charge in [0.1, 0.15) is 18.4 Å². The molecule has 9 heteroatoms. The fourth-order valence-electron chi connectivity index (χ4n) is 8.88. The molecule has 0 aromatic heterocycles. The van der Waals surface area contributed by atoms with Crippen LogP contribution in [0.2, 0.25) is 0 Å². The average molecular weight is 810 g/mol. The van der Waals surface area contributed by atoms with Crippen molar-refractivity contribution in [1.82, 2.24) is 10.2 Å². The van der Waals surface area contributed by atoms with Gasteiger partial charge in [-0.2, -0.15) is 0 Å². The predicted octanol–water partition coefficient (Wildman–Crippen LogP) is 9.67. The molecule has 2 aliphatic heterocycles. The zero-order valence-corrected chi connectivity index (χ0v) is 35.2. The Morgan fingerprint density at radius 2 is 1.68 bits per heavy atom. The van der Waals surface area contributed by atoms with Crippen molar-refractivity contribution in [2.24, 2.45) is 11.7 Å². The number of fused-ring (bicyclic) bond motifs is 2. The van der Waals surface area contributed by atoms with Crippen LogP contribution in [0.5, 0.6) is 17.2 Å². The quantitative estimate of drug-likeness (QED) is 0.102. The fraction of sp³-hybridized carbons (Fsp3) is 0.373. The summed E-state index contributed by atoms with van der Waals surface area (Å²) < 4.78 is 19.1. The van der Waals surface area contributed by atoms with Gasteiger partial charge in [0.15, 0.2) is 17.6 Å². The van der Waals surface area contributed by atoms with Gasteiger partial charge in [-0.05, 0) is 114 Å². The second-order valence-electron chi connectivity index (χ2n) is 16.5. The number of amides is 1. The maximum Gasteiger partial charge on any atom is 0.326 e. The van der Waals surface area contributed by atoms with Gasteiger partial charge in [0, 0.05) is 24.7 Å². The Bertz CT molecular complexity index is 2190. The Morgan fingerprint density at radius 1 is 0.967 bits per heavy atom. The number of carboxylic acids is 1. The molecule has 0 unspecified atom stereocenters. The van der Waals surface area contributed by atoms with Gasteiger partial charge in [-0.1, -0.05) is 112 Å². The molecule has 0 spiro atoms. The maximum atomic E-state index is 14.4. The molecule has 4 aromatic rings. The maximum absolute atomic E-state index is 14.4. The monoisotopic (exact) mass is 809 g/mol. The number of rotatable bonds is 15. The molecule has 1 amide bonds. The number of benzene rings is 4. The Kier molecular flexibility index (Phi) is 13.8. The van der Waals surface area contributed by atoms with Gasteiger partial charge in [-0.15, -0.1) is 0 Å². The van der Waals surface area contributed by atoms with E-state index in [0.717, 1.165) is 63.3 Å². The van der Waals surface area contributed by atoms with Crippen LogP contribution in [0.15, 0.2) is 121 Å². The van der Waals surface area contributed by atoms with Crippen molar-refractivity contribution in [3.8, 4) is 17.2 Å². The summed E-state index contributed by atoms with van der Waals surface area (Å²) in [5, 5.41) is 13.3. The zero-order chi connectivity index (χ0) is 42.2. The van der Waals surface area contributed by atoms with Crippen molar-refractivity contribution >= 4 is 17.4 Å². The molecule has 4 N–H and O–H groups in total. The van der Waals surface area contributed by atoms with Gasteiger partial charge in [0.05, 0.1) is 12.6 Å². The molecule has 1 saturated carbocycles. The minimum absolute atomic E-state index is 0.0850. The number of aliphatic carboxylic acids is 1. The molecular weight excluding hydrogens is 751 g/mol. The summed E-state index contributed by atoms with van der Waals surface area (Å²) in [6, 6.07) is 28.3. The summed E-state index contributed by atoms with van der Waals surface area (Å²) in [6.07, 6.45) is 11.0. The standard InChI is InChI=1S/C51H59N3O6/c1-5-13-43(33(3)34(4)52)37-20-18-35(19-21-37)26-44(51(56)57)53-50(55)46-27-40-28-47-48(29-41(40)30-54(46)45(6-2)38-16-11-8-12-17-38)60-49(32-59-47)39-22-24-42(25-23-39)58-31-36-14-9-7-10-15-36/h5,8,11-13,16-25,28-29,36,44-46,49H,1,6-7,9-10,14-15,26-27,30-32,52H2,2-4H3,(H,53,55)(H,56,57)/b34-33-,43-13+/t44-,45-,46-,49+/m0/s1. The third kappa shape index (κ3) is 9.96. The van der Waals surface area contributed by atoms with Crippen LogP contribution < -0.4 is 25.3 Å². The summed E-state index contributed by atoms with van der Waals surface area (Å²) in [5.41, 5.74) is 14.6. The predicted molar refractivity (Wildman–Crippen MR) is 237 cm³/mol. The SMILES string of the molecule is C=C/C=C(\C(C)=C(\C)N)c1ccc(C[C@H](NC(=O)[C@@H]2Cc3cc4c(cc3CN2[C@@H](CC)c2ccccc2)O[C@@H](c2ccc(OCC3CCCCC3)cc2)CO4)C(=O)O)cc1. The second-order valence-corrected chi connectivity index (χ2v) is 16.5. The van der Waals surface area contributed by atoms with E-state index in [-0.39, 0.29) is 24.5 Å². The normalized spacial score (nSPS) is 19.6. The number of allylic oxidation sites excluding steroid dienone is 5. The molecule has 1 fully saturated rings. The van der Waals surface area contributed by atoms with Crippen LogP contribution in [0.1, 0.15) is 105 Å². The number of hydrogen-bond donors (Lipinski definition) is 3. The van der Waals surface area contributed by atoms with E-state index in [1.54, 1.807) is 6.08 Å². The lowest BCUT2D eigenvalue weighted by Gasteiger charge is -2.42. The molecule has 0 saturated heterocycles. The Balaban J connectivity index is 1.09. The van der Waals surface area contributed by atoms with Crippen LogP contribution in [0.3, 0.4) is 0 Å². The molecule has 4 aromatic carbocycles. The number of nitrogens with zero attached hydrogens (tertiary/aromatic N) is 1. The molecule has 2 heterocycles. The zero-order valence-electron chi connectivity index (χ0n) is 35.2. The summed E-state index contributed by atoms with van der Waals surface area (Å²) in [5.74, 6) is 1.42. The first kappa shape index (κ1) is 42.3. The second kappa shape index (κ2) is 19.5. The van der Waals surface area contributed by atoms with Crippen molar-refractivity contribution in [3.63, 3.8) is 0 Å². The van der Waals surface area contributed by atoms with E-state index in [9.17, 15) is 14.7 Å². The molecule has 3 aliphatic rings. The highest BCUT2D eigenvalue weighted by Gasteiger charge is 2.39. The lowest BCUT2D eigenvalue weighted by atomic mass is 9.89. The highest BCUT2D eigenvalue weighted by Crippen LogP contribution is 2.43. The van der Waals surface area contributed by atoms with Crippen LogP contribution >= 0.6 is 0 Å². The lowest BCUT2D eigenvalue weighted by Crippen LogP contribution is -2.55. The van der Waals surface area contributed by atoms with Gasteiger partial charge >= 0.3 is 5.97 Å². The summed E-state index contributed by atoms with van der Waals surface area (Å²) in [6.45, 7) is 11.4. The summed E-state index contributed by atoms with van der Waals surface area (Å²) >= 11 is 0. The highest BCUT2D eigenvalue weighted by atomic mass is 16.6. The van der Waals surface area contributed by atoms with E-state index in [2.05, 4.69) is 54.1 Å². The third-order valence-corrected chi connectivity index (χ3v) is 12.4. The molecule has 4 atom stereocenters. The van der Waals surface area contributed by atoms with Gasteiger partial charge in [-0.3, -0.25) is 9.69 Å². The first-order valence-corrected chi connectivity index (χ1v) is 21.5. The van der Waals surface area contributed by atoms with Crippen LogP contribution in [0.4, 0.5) is 0 Å². The van der Waals surface area contributed by atoms with Crippen LogP contribution in [0, 0.1) is 5.92 Å². The van der Waals surface area contributed by atoms with Crippen LogP contribution in [-0.2, 0) is 29.0 Å². The van der Waals surface area contributed by atoms with E-state index in [1.165, 1.54) is 32.1 Å². The smallest absolute Gasteiger partial charge is 0.326 e. The van der Waals surface area contributed by atoms with Crippen molar-refractivity contribution in [2.45, 2.75) is 103 Å². The lowest BCUT2D eigenvalue weighted by molar-refractivity contribution is -0.143. The van der Waals surface area contributed by atoms with Gasteiger partial charge in [0.2, 0.25) is 5.91 Å². The van der Waals surface area contributed by atoms with E-state index in [4.69, 9.17) is 19.9 Å². The number of carbonyl (C=O) groups excluding carboxylic acids is 1. The molecule has 1 aliphatic carbocycles. The van der Waals surface area contributed by atoms with E-state index >= 15 is 0 Å².